The molecule has 2 aromatic heterocycles. The summed E-state index contributed by atoms with van der Waals surface area (Å²) in [5.41, 5.74) is 1.81. The van der Waals surface area contributed by atoms with Gasteiger partial charge in [-0.05, 0) is 94.1 Å². The van der Waals surface area contributed by atoms with E-state index in [9.17, 15) is 19.5 Å². The van der Waals surface area contributed by atoms with E-state index < -0.39 is 11.9 Å². The molecule has 8 nitrogen and oxygen atoms in total. The summed E-state index contributed by atoms with van der Waals surface area (Å²) in [7, 11) is 0. The van der Waals surface area contributed by atoms with Crippen molar-refractivity contribution >= 4 is 23.2 Å². The normalized spacial score (nSPS) is 11.3. The average molecular weight is 579 g/mol. The van der Waals surface area contributed by atoms with Crippen molar-refractivity contribution < 1.29 is 29.0 Å². The molecule has 228 valence electrons. The van der Waals surface area contributed by atoms with E-state index in [-0.39, 0.29) is 23.5 Å². The van der Waals surface area contributed by atoms with E-state index in [0.717, 1.165) is 38.9 Å². The first kappa shape index (κ1) is 32.9. The van der Waals surface area contributed by atoms with E-state index >= 15 is 0 Å². The molecule has 0 radical (unpaired) electrons. The lowest BCUT2D eigenvalue weighted by Gasteiger charge is -2.21. The molecule has 0 saturated heterocycles. The van der Waals surface area contributed by atoms with Gasteiger partial charge in [0.15, 0.2) is 0 Å². The van der Waals surface area contributed by atoms with Crippen molar-refractivity contribution in [2.75, 3.05) is 32.8 Å². The second-order valence-corrected chi connectivity index (χ2v) is 10.6. The van der Waals surface area contributed by atoms with Crippen molar-refractivity contribution in [3.63, 3.8) is 0 Å². The number of esters is 1. The van der Waals surface area contributed by atoms with E-state index in [1.807, 2.05) is 6.92 Å². The average Bonchev–Trinajstić information content (AvgIpc) is 3.32. The lowest BCUT2D eigenvalue weighted by atomic mass is 9.98. The standard InChI is InChI=1S/C34H46N2O6/c1-5-9-13-28-30(33(38)39)29-24-26(34(40)41-8-4)18-22-36(29)31(28)32(37)25-14-16-27(17-15-25)42-23-12-21-35(19-10-6-2)20-11-7-3/h14-18,22,24H,5-13,19-21,23H2,1-4H3,(H,38,39). The molecular formula is C34H46N2O6. The summed E-state index contributed by atoms with van der Waals surface area (Å²) in [6, 6.07) is 10.1. The van der Waals surface area contributed by atoms with Crippen LogP contribution in [0, 0.1) is 0 Å². The van der Waals surface area contributed by atoms with E-state index in [1.54, 1.807) is 47.9 Å². The number of carboxylic acids is 1. The van der Waals surface area contributed by atoms with Gasteiger partial charge in [0.25, 0.3) is 0 Å². The first-order valence-electron chi connectivity index (χ1n) is 15.4. The van der Waals surface area contributed by atoms with Crippen LogP contribution in [-0.4, -0.2) is 65.0 Å². The second kappa shape index (κ2) is 16.7. The molecule has 3 rings (SSSR count). The van der Waals surface area contributed by atoms with Crippen LogP contribution >= 0.6 is 0 Å². The van der Waals surface area contributed by atoms with Crippen LogP contribution in [0.2, 0.25) is 0 Å². The van der Waals surface area contributed by atoms with E-state index in [2.05, 4.69) is 18.7 Å². The highest BCUT2D eigenvalue weighted by Crippen LogP contribution is 2.29. The summed E-state index contributed by atoms with van der Waals surface area (Å²) in [6.45, 7) is 12.2. The molecule has 2 heterocycles. The maximum atomic E-state index is 13.9. The van der Waals surface area contributed by atoms with Gasteiger partial charge >= 0.3 is 11.9 Å². The predicted octanol–water partition coefficient (Wildman–Crippen LogP) is 7.06. The lowest BCUT2D eigenvalue weighted by molar-refractivity contribution is 0.0525. The number of nitrogens with zero attached hydrogens (tertiary/aromatic N) is 2. The van der Waals surface area contributed by atoms with Crippen molar-refractivity contribution in [3.8, 4) is 5.75 Å². The number of aromatic nitrogens is 1. The number of hydrogen-bond acceptors (Lipinski definition) is 6. The van der Waals surface area contributed by atoms with Crippen LogP contribution in [0.4, 0.5) is 0 Å². The zero-order chi connectivity index (χ0) is 30.5. The first-order valence-corrected chi connectivity index (χ1v) is 15.4. The topological polar surface area (TPSA) is 97.5 Å². The Morgan fingerprint density at radius 2 is 1.48 bits per heavy atom. The molecule has 0 saturated carbocycles. The summed E-state index contributed by atoms with van der Waals surface area (Å²) in [6.07, 6.45) is 9.30. The molecule has 0 aliphatic rings. The predicted molar refractivity (Wildman–Crippen MR) is 165 cm³/mol. The summed E-state index contributed by atoms with van der Waals surface area (Å²) in [5.74, 6) is -1.26. The third kappa shape index (κ3) is 8.44. The Balaban J connectivity index is 1.82. The lowest BCUT2D eigenvalue weighted by Crippen LogP contribution is -2.28. The Bertz CT molecular complexity index is 1320. The number of unbranched alkanes of at least 4 members (excludes halogenated alkanes) is 3. The fourth-order valence-corrected chi connectivity index (χ4v) is 5.15. The first-order chi connectivity index (χ1) is 20.4. The maximum Gasteiger partial charge on any atom is 0.338 e. The molecule has 1 N–H and O–H groups in total. The Kier molecular flexibility index (Phi) is 13.1. The minimum atomic E-state index is -1.13. The summed E-state index contributed by atoms with van der Waals surface area (Å²) < 4.78 is 12.7. The molecule has 0 unspecified atom stereocenters. The number of carbonyl (C=O) groups excluding carboxylic acids is 2. The third-order valence-corrected chi connectivity index (χ3v) is 7.42. The molecular weight excluding hydrogens is 532 g/mol. The molecule has 0 atom stereocenters. The van der Waals surface area contributed by atoms with Crippen LogP contribution in [0.5, 0.6) is 5.75 Å². The van der Waals surface area contributed by atoms with Gasteiger partial charge in [0.05, 0.1) is 35.6 Å². The fraction of sp³-hybridized carbons (Fsp3) is 0.500. The molecule has 0 spiro atoms. The number of benzene rings is 1. The second-order valence-electron chi connectivity index (χ2n) is 10.6. The minimum Gasteiger partial charge on any atom is -0.494 e. The summed E-state index contributed by atoms with van der Waals surface area (Å²) in [5, 5.41) is 10.2. The number of pyridine rings is 1. The smallest absolute Gasteiger partial charge is 0.338 e. The Morgan fingerprint density at radius 3 is 2.07 bits per heavy atom. The summed E-state index contributed by atoms with van der Waals surface area (Å²) >= 11 is 0. The maximum absolute atomic E-state index is 13.9. The molecule has 0 fully saturated rings. The fourth-order valence-electron chi connectivity index (χ4n) is 5.15. The van der Waals surface area contributed by atoms with Gasteiger partial charge in [0, 0.05) is 18.3 Å². The molecule has 42 heavy (non-hydrogen) atoms. The highest BCUT2D eigenvalue weighted by Gasteiger charge is 2.28. The van der Waals surface area contributed by atoms with E-state index in [1.165, 1.54) is 31.7 Å². The van der Waals surface area contributed by atoms with Crippen LogP contribution in [0.25, 0.3) is 5.52 Å². The highest BCUT2D eigenvalue weighted by atomic mass is 16.5. The Hall–Kier alpha value is -3.65. The molecule has 0 aliphatic heterocycles. The van der Waals surface area contributed by atoms with Gasteiger partial charge in [0.1, 0.15) is 5.75 Å². The van der Waals surface area contributed by atoms with E-state index in [4.69, 9.17) is 9.47 Å². The van der Waals surface area contributed by atoms with Crippen molar-refractivity contribution in [3.05, 3.63) is 70.5 Å². The number of carbonyl (C=O) groups is 3. The Morgan fingerprint density at radius 1 is 0.833 bits per heavy atom. The minimum absolute atomic E-state index is 0.0461. The van der Waals surface area contributed by atoms with Gasteiger partial charge < -0.3 is 23.9 Å². The number of aromatic carboxylic acids is 1. The number of rotatable bonds is 19. The number of hydrogen-bond donors (Lipinski definition) is 1. The molecule has 1 aromatic carbocycles. The van der Waals surface area contributed by atoms with Crippen LogP contribution in [0.1, 0.15) is 115 Å². The summed E-state index contributed by atoms with van der Waals surface area (Å²) in [4.78, 5) is 41.2. The molecule has 3 aromatic rings. The SMILES string of the molecule is CCCCc1c(C(=O)O)c2cc(C(=O)OCC)ccn2c1C(=O)c1ccc(OCCCN(CCCC)CCCC)cc1. The van der Waals surface area contributed by atoms with Crippen LogP contribution in [0.3, 0.4) is 0 Å². The largest absolute Gasteiger partial charge is 0.494 e. The van der Waals surface area contributed by atoms with Crippen LogP contribution in [-0.2, 0) is 11.2 Å². The monoisotopic (exact) mass is 578 g/mol. The van der Waals surface area contributed by atoms with Crippen molar-refractivity contribution in [2.45, 2.75) is 79.1 Å². The number of fused-ring (bicyclic) bond motifs is 1. The third-order valence-electron chi connectivity index (χ3n) is 7.42. The highest BCUT2D eigenvalue weighted by molar-refractivity contribution is 6.13. The van der Waals surface area contributed by atoms with Gasteiger partial charge in [0.2, 0.25) is 5.78 Å². The van der Waals surface area contributed by atoms with Gasteiger partial charge in [-0.1, -0.05) is 40.0 Å². The van der Waals surface area contributed by atoms with E-state index in [0.29, 0.717) is 41.1 Å². The number of ketones is 1. The zero-order valence-corrected chi connectivity index (χ0v) is 25.6. The van der Waals surface area contributed by atoms with Crippen molar-refractivity contribution in [1.29, 1.82) is 0 Å². The number of ether oxygens (including phenoxy) is 2. The van der Waals surface area contributed by atoms with Gasteiger partial charge in [-0.15, -0.1) is 0 Å². The molecule has 0 amide bonds. The number of carboxylic acid groups (broad SMARTS) is 1. The van der Waals surface area contributed by atoms with Gasteiger partial charge in [-0.2, -0.15) is 0 Å². The van der Waals surface area contributed by atoms with Crippen LogP contribution in [0.15, 0.2) is 42.6 Å². The van der Waals surface area contributed by atoms with Crippen molar-refractivity contribution in [1.82, 2.24) is 9.30 Å². The van der Waals surface area contributed by atoms with Crippen molar-refractivity contribution in [2.24, 2.45) is 0 Å². The molecule has 8 heteroatoms. The molecule has 0 bridgehead atoms. The molecule has 0 aliphatic carbocycles. The van der Waals surface area contributed by atoms with Gasteiger partial charge in [-0.3, -0.25) is 4.79 Å². The van der Waals surface area contributed by atoms with Crippen LogP contribution < -0.4 is 4.74 Å². The zero-order valence-electron chi connectivity index (χ0n) is 25.6. The van der Waals surface area contributed by atoms with Gasteiger partial charge in [-0.25, -0.2) is 9.59 Å². The Labute approximate surface area is 249 Å². The quantitative estimate of drug-likeness (QED) is 0.0924.